The van der Waals surface area contributed by atoms with Gasteiger partial charge in [0.25, 0.3) is 15.9 Å². The van der Waals surface area contributed by atoms with Gasteiger partial charge in [-0.2, -0.15) is 0 Å². The van der Waals surface area contributed by atoms with Gasteiger partial charge in [-0.1, -0.05) is 6.07 Å². The zero-order chi connectivity index (χ0) is 15.9. The summed E-state index contributed by atoms with van der Waals surface area (Å²) in [5.41, 5.74) is 1.31. The van der Waals surface area contributed by atoms with Crippen LogP contribution in [0.3, 0.4) is 0 Å². The smallest absolute Gasteiger partial charge is 0.261 e. The number of hydrogen-bond acceptors (Lipinski definition) is 3. The Kier molecular flexibility index (Phi) is 3.32. The van der Waals surface area contributed by atoms with Crippen LogP contribution in [0.1, 0.15) is 15.9 Å². The van der Waals surface area contributed by atoms with Gasteiger partial charge in [0.05, 0.1) is 4.90 Å². The number of anilines is 1. The first kappa shape index (κ1) is 14.5. The molecule has 1 aliphatic rings. The lowest BCUT2D eigenvalue weighted by atomic mass is 10.1. The molecule has 114 valence electrons. The van der Waals surface area contributed by atoms with E-state index in [0.717, 1.165) is 17.7 Å². The molecule has 0 fully saturated rings. The minimum atomic E-state index is -4.08. The largest absolute Gasteiger partial charge is 0.348 e. The number of fused-ring (bicyclic) bond motifs is 1. The standard InChI is InChI=1S/C14H10F2N2O3S/c15-12-4-3-10(6-13(12)16)22(20,21)18-9-2-1-8-7-17-14(19)11(8)5-9/h1-6,18H,7H2,(H,17,19). The summed E-state index contributed by atoms with van der Waals surface area (Å²) in [4.78, 5) is 11.1. The van der Waals surface area contributed by atoms with Crippen LogP contribution < -0.4 is 10.0 Å². The summed E-state index contributed by atoms with van der Waals surface area (Å²) in [6.07, 6.45) is 0. The molecule has 0 radical (unpaired) electrons. The van der Waals surface area contributed by atoms with E-state index in [1.807, 2.05) is 0 Å². The highest BCUT2D eigenvalue weighted by molar-refractivity contribution is 7.92. The van der Waals surface area contributed by atoms with Crippen LogP contribution in [0.15, 0.2) is 41.3 Å². The quantitative estimate of drug-likeness (QED) is 0.907. The van der Waals surface area contributed by atoms with Crippen LogP contribution in [0.2, 0.25) is 0 Å². The topological polar surface area (TPSA) is 75.3 Å². The lowest BCUT2D eigenvalue weighted by Gasteiger charge is -2.09. The molecule has 0 unspecified atom stereocenters. The Morgan fingerprint density at radius 3 is 2.55 bits per heavy atom. The highest BCUT2D eigenvalue weighted by atomic mass is 32.2. The van der Waals surface area contributed by atoms with Gasteiger partial charge in [-0.3, -0.25) is 9.52 Å². The fourth-order valence-electron chi connectivity index (χ4n) is 2.13. The Balaban J connectivity index is 1.93. The molecule has 2 aromatic rings. The van der Waals surface area contributed by atoms with Gasteiger partial charge in [0, 0.05) is 17.8 Å². The van der Waals surface area contributed by atoms with E-state index < -0.39 is 26.6 Å². The third kappa shape index (κ3) is 2.52. The fourth-order valence-corrected chi connectivity index (χ4v) is 3.20. The lowest BCUT2D eigenvalue weighted by Crippen LogP contribution is -2.14. The number of carbonyl (C=O) groups excluding carboxylic acids is 1. The minimum Gasteiger partial charge on any atom is -0.348 e. The Morgan fingerprint density at radius 2 is 1.82 bits per heavy atom. The van der Waals surface area contributed by atoms with Gasteiger partial charge in [0.15, 0.2) is 11.6 Å². The summed E-state index contributed by atoms with van der Waals surface area (Å²) >= 11 is 0. The molecular formula is C14H10F2N2O3S. The summed E-state index contributed by atoms with van der Waals surface area (Å²) in [7, 11) is -4.08. The molecule has 0 saturated carbocycles. The third-order valence-electron chi connectivity index (χ3n) is 3.25. The molecule has 0 aliphatic carbocycles. The predicted octanol–water partition coefficient (Wildman–Crippen LogP) is 2.01. The number of sulfonamides is 1. The van der Waals surface area contributed by atoms with Gasteiger partial charge in [-0.15, -0.1) is 0 Å². The number of nitrogens with one attached hydrogen (secondary N) is 2. The molecule has 22 heavy (non-hydrogen) atoms. The van der Waals surface area contributed by atoms with Crippen LogP contribution in [0, 0.1) is 11.6 Å². The van der Waals surface area contributed by atoms with Crippen LogP contribution in [-0.2, 0) is 16.6 Å². The minimum absolute atomic E-state index is 0.167. The number of amides is 1. The van der Waals surface area contributed by atoms with Gasteiger partial charge in [-0.25, -0.2) is 17.2 Å². The molecule has 0 bridgehead atoms. The second kappa shape index (κ2) is 5.06. The molecule has 2 aromatic carbocycles. The van der Waals surface area contributed by atoms with E-state index in [2.05, 4.69) is 10.0 Å². The van der Waals surface area contributed by atoms with Gasteiger partial charge in [0.1, 0.15) is 0 Å². The van der Waals surface area contributed by atoms with Crippen molar-refractivity contribution in [2.75, 3.05) is 4.72 Å². The van der Waals surface area contributed by atoms with Crippen molar-refractivity contribution in [3.05, 3.63) is 59.2 Å². The molecule has 0 spiro atoms. The Morgan fingerprint density at radius 1 is 1.05 bits per heavy atom. The van der Waals surface area contributed by atoms with E-state index in [4.69, 9.17) is 0 Å². The van der Waals surface area contributed by atoms with Gasteiger partial charge < -0.3 is 5.32 Å². The van der Waals surface area contributed by atoms with Crippen molar-refractivity contribution in [2.45, 2.75) is 11.4 Å². The zero-order valence-electron chi connectivity index (χ0n) is 11.1. The van der Waals surface area contributed by atoms with Crippen molar-refractivity contribution in [1.29, 1.82) is 0 Å². The third-order valence-corrected chi connectivity index (χ3v) is 4.63. The molecule has 3 rings (SSSR count). The summed E-state index contributed by atoms with van der Waals surface area (Å²) in [5, 5.41) is 2.61. The molecule has 8 heteroatoms. The summed E-state index contributed by atoms with van der Waals surface area (Å²) in [6, 6.07) is 6.81. The highest BCUT2D eigenvalue weighted by Crippen LogP contribution is 2.23. The molecule has 0 saturated heterocycles. The Labute approximate surface area is 125 Å². The molecule has 0 atom stereocenters. The normalized spacial score (nSPS) is 13.6. The molecule has 1 heterocycles. The number of carbonyl (C=O) groups is 1. The first-order valence-electron chi connectivity index (χ1n) is 6.26. The van der Waals surface area contributed by atoms with Crippen LogP contribution in [-0.4, -0.2) is 14.3 Å². The van der Waals surface area contributed by atoms with Crippen molar-refractivity contribution in [1.82, 2.24) is 5.32 Å². The lowest BCUT2D eigenvalue weighted by molar-refractivity contribution is 0.0965. The van der Waals surface area contributed by atoms with E-state index in [0.29, 0.717) is 18.2 Å². The average Bonchev–Trinajstić information content (AvgIpc) is 2.83. The van der Waals surface area contributed by atoms with E-state index in [9.17, 15) is 22.0 Å². The summed E-state index contributed by atoms with van der Waals surface area (Å²) in [6.45, 7) is 0.393. The van der Waals surface area contributed by atoms with Crippen molar-refractivity contribution in [2.24, 2.45) is 0 Å². The van der Waals surface area contributed by atoms with Crippen molar-refractivity contribution >= 4 is 21.6 Å². The van der Waals surface area contributed by atoms with Gasteiger partial charge >= 0.3 is 0 Å². The molecule has 1 aliphatic heterocycles. The number of hydrogen-bond donors (Lipinski definition) is 2. The van der Waals surface area contributed by atoms with Crippen molar-refractivity contribution < 1.29 is 22.0 Å². The highest BCUT2D eigenvalue weighted by Gasteiger charge is 2.21. The summed E-state index contributed by atoms with van der Waals surface area (Å²) in [5.74, 6) is -2.67. The molecule has 5 nitrogen and oxygen atoms in total. The Bertz CT molecular complexity index is 882. The van der Waals surface area contributed by atoms with Crippen LogP contribution in [0.4, 0.5) is 14.5 Å². The molecule has 1 amide bonds. The van der Waals surface area contributed by atoms with Crippen LogP contribution in [0.5, 0.6) is 0 Å². The van der Waals surface area contributed by atoms with Crippen molar-refractivity contribution in [3.8, 4) is 0 Å². The number of halogens is 2. The monoisotopic (exact) mass is 324 g/mol. The molecule has 2 N–H and O–H groups in total. The van der Waals surface area contributed by atoms with Crippen molar-refractivity contribution in [3.63, 3.8) is 0 Å². The maximum atomic E-state index is 13.2. The maximum absolute atomic E-state index is 13.2. The Hall–Kier alpha value is -2.48. The van der Waals surface area contributed by atoms with E-state index in [1.54, 1.807) is 6.07 Å². The maximum Gasteiger partial charge on any atom is 0.261 e. The zero-order valence-corrected chi connectivity index (χ0v) is 11.9. The first-order chi connectivity index (χ1) is 10.4. The fraction of sp³-hybridized carbons (Fsp3) is 0.0714. The van der Waals surface area contributed by atoms with Gasteiger partial charge in [0.2, 0.25) is 0 Å². The second-order valence-corrected chi connectivity index (χ2v) is 6.42. The van der Waals surface area contributed by atoms with E-state index in [-0.39, 0.29) is 11.6 Å². The number of rotatable bonds is 3. The van der Waals surface area contributed by atoms with Crippen LogP contribution >= 0.6 is 0 Å². The SMILES string of the molecule is O=C1NCc2ccc(NS(=O)(=O)c3ccc(F)c(F)c3)cc21. The predicted molar refractivity (Wildman–Crippen MR) is 74.8 cm³/mol. The first-order valence-corrected chi connectivity index (χ1v) is 7.74. The number of benzene rings is 2. The molecular weight excluding hydrogens is 314 g/mol. The average molecular weight is 324 g/mol. The molecule has 0 aromatic heterocycles. The second-order valence-electron chi connectivity index (χ2n) is 4.74. The van der Waals surface area contributed by atoms with E-state index in [1.165, 1.54) is 12.1 Å². The van der Waals surface area contributed by atoms with E-state index >= 15 is 0 Å². The van der Waals surface area contributed by atoms with Crippen LogP contribution in [0.25, 0.3) is 0 Å². The summed E-state index contributed by atoms with van der Waals surface area (Å²) < 4.78 is 52.6. The van der Waals surface area contributed by atoms with Gasteiger partial charge in [-0.05, 0) is 35.9 Å².